The fraction of sp³-hybridized carbons (Fsp3) is 0.0870. The largest absolute Gasteiger partial charge is 0.363 e. The third kappa shape index (κ3) is 4.71. The number of benzene rings is 3. The second-order valence-electron chi connectivity index (χ2n) is 6.39. The van der Waals surface area contributed by atoms with E-state index < -0.39 is 23.6 Å². The number of Topliss-reactive ketones (excluding diaryl/α,β-unsaturated/α-hetero) is 1. The molecule has 0 fully saturated rings. The van der Waals surface area contributed by atoms with Crippen LogP contribution in [-0.2, 0) is 16.0 Å². The van der Waals surface area contributed by atoms with Gasteiger partial charge >= 0.3 is 0 Å². The lowest BCUT2D eigenvalue weighted by atomic mass is 10.0. The van der Waals surface area contributed by atoms with Gasteiger partial charge in [-0.15, -0.1) is 0 Å². The first-order valence-electron chi connectivity index (χ1n) is 8.88. The maximum Gasteiger partial charge on any atom is 0.287 e. The summed E-state index contributed by atoms with van der Waals surface area (Å²) < 4.78 is 0. The van der Waals surface area contributed by atoms with Gasteiger partial charge in [0.15, 0.2) is 0 Å². The molecule has 0 heterocycles. The van der Waals surface area contributed by atoms with Crippen LogP contribution < -0.4 is 11.1 Å². The Hall–Kier alpha value is -3.73. The van der Waals surface area contributed by atoms with Crippen molar-refractivity contribution in [1.82, 2.24) is 5.32 Å². The molecule has 0 saturated carbocycles. The molecule has 3 N–H and O–H groups in total. The van der Waals surface area contributed by atoms with Crippen molar-refractivity contribution in [1.29, 1.82) is 0 Å². The van der Waals surface area contributed by atoms with Crippen molar-refractivity contribution in [3.8, 4) is 11.1 Å². The van der Waals surface area contributed by atoms with E-state index in [1.165, 1.54) is 0 Å². The fourth-order valence-corrected chi connectivity index (χ4v) is 2.92. The van der Waals surface area contributed by atoms with E-state index in [4.69, 9.17) is 5.73 Å². The van der Waals surface area contributed by atoms with Gasteiger partial charge in [0, 0.05) is 12.0 Å². The average molecular weight is 372 g/mol. The van der Waals surface area contributed by atoms with Crippen LogP contribution in [0.5, 0.6) is 0 Å². The van der Waals surface area contributed by atoms with Crippen molar-refractivity contribution in [3.05, 3.63) is 96.1 Å². The molecule has 0 unspecified atom stereocenters. The summed E-state index contributed by atoms with van der Waals surface area (Å²) in [5, 5.41) is 2.63. The van der Waals surface area contributed by atoms with Crippen LogP contribution in [0, 0.1) is 0 Å². The third-order valence-corrected chi connectivity index (χ3v) is 4.40. The van der Waals surface area contributed by atoms with Gasteiger partial charge in [0.25, 0.3) is 11.8 Å². The maximum absolute atomic E-state index is 12.6. The van der Waals surface area contributed by atoms with Gasteiger partial charge in [0.2, 0.25) is 5.78 Å². The summed E-state index contributed by atoms with van der Waals surface area (Å²) in [5.41, 5.74) is 8.39. The zero-order valence-electron chi connectivity index (χ0n) is 15.2. The number of nitrogens with one attached hydrogen (secondary N) is 1. The van der Waals surface area contributed by atoms with Crippen molar-refractivity contribution in [2.45, 2.75) is 12.5 Å². The first-order valence-corrected chi connectivity index (χ1v) is 8.88. The van der Waals surface area contributed by atoms with Crippen LogP contribution in [0.1, 0.15) is 15.9 Å². The van der Waals surface area contributed by atoms with Crippen LogP contribution in [0.4, 0.5) is 0 Å². The van der Waals surface area contributed by atoms with Gasteiger partial charge in [-0.25, -0.2) is 0 Å². The van der Waals surface area contributed by atoms with Crippen LogP contribution in [0.2, 0.25) is 0 Å². The molecule has 0 aliphatic carbocycles. The molecule has 2 amide bonds. The highest BCUT2D eigenvalue weighted by atomic mass is 16.2. The lowest BCUT2D eigenvalue weighted by Gasteiger charge is -2.16. The van der Waals surface area contributed by atoms with Crippen LogP contribution in [0.25, 0.3) is 11.1 Å². The second kappa shape index (κ2) is 8.77. The van der Waals surface area contributed by atoms with Crippen molar-refractivity contribution >= 4 is 17.6 Å². The number of ketones is 1. The molecule has 0 bridgehead atoms. The Morgan fingerprint density at radius 1 is 0.750 bits per heavy atom. The molecule has 0 radical (unpaired) electrons. The van der Waals surface area contributed by atoms with Crippen molar-refractivity contribution in [3.63, 3.8) is 0 Å². The first-order chi connectivity index (χ1) is 13.5. The Balaban J connectivity index is 1.75. The minimum absolute atomic E-state index is 0.191. The smallest absolute Gasteiger partial charge is 0.287 e. The topological polar surface area (TPSA) is 89.3 Å². The number of primary amides is 1. The second-order valence-corrected chi connectivity index (χ2v) is 6.39. The normalized spacial score (nSPS) is 11.4. The maximum atomic E-state index is 12.6. The van der Waals surface area contributed by atoms with Crippen LogP contribution in [0.15, 0.2) is 84.9 Å². The summed E-state index contributed by atoms with van der Waals surface area (Å²) >= 11 is 0. The third-order valence-electron chi connectivity index (χ3n) is 4.40. The molecule has 3 aromatic rings. The number of carbonyl (C=O) groups excluding carboxylic acids is 3. The van der Waals surface area contributed by atoms with Crippen LogP contribution in [0.3, 0.4) is 0 Å². The summed E-state index contributed by atoms with van der Waals surface area (Å²) in [5.74, 6) is -2.33. The molecule has 0 aromatic heterocycles. The van der Waals surface area contributed by atoms with E-state index in [2.05, 4.69) is 5.32 Å². The minimum atomic E-state index is -1.07. The zero-order valence-corrected chi connectivity index (χ0v) is 15.2. The highest BCUT2D eigenvalue weighted by Gasteiger charge is 2.25. The van der Waals surface area contributed by atoms with E-state index in [0.717, 1.165) is 16.7 Å². The fourth-order valence-electron chi connectivity index (χ4n) is 2.92. The standard InChI is InChI=1S/C23H20N2O3/c24-22(27)21(26)20(15-16-7-3-1-4-8-16)25-23(28)19-13-11-18(12-14-19)17-9-5-2-6-10-17/h1-14,20H,15H2,(H2,24,27)(H,25,28)/t20-/m0/s1. The number of carbonyl (C=O) groups is 3. The van der Waals surface area contributed by atoms with Crippen molar-refractivity contribution in [2.75, 3.05) is 0 Å². The minimum Gasteiger partial charge on any atom is -0.363 e. The molecule has 1 atom stereocenters. The van der Waals surface area contributed by atoms with Gasteiger partial charge in [-0.2, -0.15) is 0 Å². The molecular formula is C23H20N2O3. The molecular weight excluding hydrogens is 352 g/mol. The van der Waals surface area contributed by atoms with Crippen molar-refractivity contribution < 1.29 is 14.4 Å². The van der Waals surface area contributed by atoms with Gasteiger partial charge in [-0.3, -0.25) is 14.4 Å². The van der Waals surface area contributed by atoms with E-state index in [0.29, 0.717) is 5.56 Å². The highest BCUT2D eigenvalue weighted by Crippen LogP contribution is 2.19. The van der Waals surface area contributed by atoms with E-state index >= 15 is 0 Å². The average Bonchev–Trinajstić information content (AvgIpc) is 2.74. The van der Waals surface area contributed by atoms with Gasteiger partial charge in [-0.05, 0) is 28.8 Å². The molecule has 5 heteroatoms. The summed E-state index contributed by atoms with van der Waals surface area (Å²) in [4.78, 5) is 36.1. The highest BCUT2D eigenvalue weighted by molar-refractivity contribution is 6.38. The Kier molecular flexibility index (Phi) is 5.97. The quantitative estimate of drug-likeness (QED) is 0.625. The number of nitrogens with two attached hydrogens (primary N) is 1. The van der Waals surface area contributed by atoms with Crippen molar-refractivity contribution in [2.24, 2.45) is 5.73 Å². The Bertz CT molecular complexity index is 968. The van der Waals surface area contributed by atoms with Gasteiger partial charge in [-0.1, -0.05) is 72.8 Å². The van der Waals surface area contributed by atoms with Crippen LogP contribution in [-0.4, -0.2) is 23.6 Å². The number of amides is 2. The summed E-state index contributed by atoms with van der Waals surface area (Å²) in [6.07, 6.45) is 0.191. The molecule has 5 nitrogen and oxygen atoms in total. The monoisotopic (exact) mass is 372 g/mol. The lowest BCUT2D eigenvalue weighted by Crippen LogP contribution is -2.47. The molecule has 3 aromatic carbocycles. The van der Waals surface area contributed by atoms with E-state index in [-0.39, 0.29) is 6.42 Å². The molecule has 0 spiro atoms. The van der Waals surface area contributed by atoms with Crippen LogP contribution >= 0.6 is 0 Å². The Morgan fingerprint density at radius 2 is 1.29 bits per heavy atom. The lowest BCUT2D eigenvalue weighted by molar-refractivity contribution is -0.137. The number of rotatable bonds is 7. The number of hydrogen-bond acceptors (Lipinski definition) is 3. The molecule has 0 saturated heterocycles. The SMILES string of the molecule is NC(=O)C(=O)[C@H](Cc1ccccc1)NC(=O)c1ccc(-c2ccccc2)cc1. The van der Waals surface area contributed by atoms with E-state index in [1.807, 2.05) is 72.8 Å². The molecule has 0 aliphatic heterocycles. The van der Waals surface area contributed by atoms with Gasteiger partial charge in [0.1, 0.15) is 6.04 Å². The molecule has 0 aliphatic rings. The van der Waals surface area contributed by atoms with Gasteiger partial charge < -0.3 is 11.1 Å². The van der Waals surface area contributed by atoms with E-state index in [1.54, 1.807) is 12.1 Å². The first kappa shape index (κ1) is 19.0. The molecule has 3 rings (SSSR count). The molecule has 28 heavy (non-hydrogen) atoms. The Labute approximate surface area is 163 Å². The number of hydrogen-bond donors (Lipinski definition) is 2. The predicted molar refractivity (Wildman–Crippen MR) is 107 cm³/mol. The van der Waals surface area contributed by atoms with Gasteiger partial charge in [0.05, 0.1) is 0 Å². The Morgan fingerprint density at radius 3 is 1.86 bits per heavy atom. The molecule has 140 valence electrons. The summed E-state index contributed by atoms with van der Waals surface area (Å²) in [7, 11) is 0. The zero-order chi connectivity index (χ0) is 19.9. The summed E-state index contributed by atoms with van der Waals surface area (Å²) in [6, 6.07) is 25.0. The predicted octanol–water partition coefficient (Wildman–Crippen LogP) is 2.75. The summed E-state index contributed by atoms with van der Waals surface area (Å²) in [6.45, 7) is 0. The van der Waals surface area contributed by atoms with E-state index in [9.17, 15) is 14.4 Å².